The van der Waals surface area contributed by atoms with Crippen LogP contribution in [0.15, 0.2) is 6.07 Å². The number of aryl methyl sites for hydroxylation is 1. The summed E-state index contributed by atoms with van der Waals surface area (Å²) in [6, 6.07) is 0.984. The van der Waals surface area contributed by atoms with E-state index in [1.165, 1.54) is 0 Å². The molecule has 158 valence electrons. The Morgan fingerprint density at radius 3 is 2.54 bits per heavy atom. The average Bonchev–Trinajstić information content (AvgIpc) is 3.04. The highest BCUT2D eigenvalue weighted by Crippen LogP contribution is 2.53. The van der Waals surface area contributed by atoms with Crippen molar-refractivity contribution in [3.8, 4) is 0 Å². The molecule has 0 aliphatic carbocycles. The van der Waals surface area contributed by atoms with Crippen molar-refractivity contribution in [1.29, 1.82) is 0 Å². The zero-order valence-electron chi connectivity index (χ0n) is 16.3. The molecule has 0 amide bonds. The molecule has 1 spiro atoms. The molecule has 0 radical (unpaired) electrons. The highest BCUT2D eigenvalue weighted by molar-refractivity contribution is 7.90. The highest BCUT2D eigenvalue weighted by atomic mass is 32.2. The third-order valence-corrected chi connectivity index (χ3v) is 6.82. The van der Waals surface area contributed by atoms with Crippen LogP contribution in [-0.2, 0) is 27.5 Å². The maximum Gasteiger partial charge on any atom is 0.492 e. The number of alkyl halides is 3. The molecule has 1 fully saturated rings. The number of carbonyl (C=O) groups excluding carboxylic acids is 1. The summed E-state index contributed by atoms with van der Waals surface area (Å²) in [6.07, 6.45) is -3.90. The lowest BCUT2D eigenvalue weighted by Crippen LogP contribution is -2.52. The summed E-state index contributed by atoms with van der Waals surface area (Å²) in [5, 5.41) is 7.67. The van der Waals surface area contributed by atoms with Crippen LogP contribution in [0.3, 0.4) is 0 Å². The Hall–Kier alpha value is -1.30. The molecule has 2 aliphatic rings. The molecule has 2 aliphatic heterocycles. The van der Waals surface area contributed by atoms with E-state index in [9.17, 15) is 22.5 Å². The van der Waals surface area contributed by atoms with Crippen LogP contribution >= 0.6 is 0 Å². The van der Waals surface area contributed by atoms with E-state index in [2.05, 4.69) is 10.4 Å². The van der Waals surface area contributed by atoms with Crippen molar-refractivity contribution in [2.45, 2.75) is 64.0 Å². The van der Waals surface area contributed by atoms with Crippen molar-refractivity contribution in [2.75, 3.05) is 13.1 Å². The number of hydrogen-bond donors (Lipinski definition) is 1. The van der Waals surface area contributed by atoms with Gasteiger partial charge in [-0.3, -0.25) is 4.68 Å². The van der Waals surface area contributed by atoms with E-state index >= 15 is 0 Å². The maximum absolute atomic E-state index is 13.2. The van der Waals surface area contributed by atoms with Crippen LogP contribution in [0.1, 0.15) is 51.0 Å². The molecule has 1 aromatic heterocycles. The first-order chi connectivity index (χ1) is 12.8. The summed E-state index contributed by atoms with van der Waals surface area (Å²) >= 11 is -2.02. The van der Waals surface area contributed by atoms with Gasteiger partial charge in [0.05, 0.1) is 27.2 Å². The zero-order chi connectivity index (χ0) is 20.9. The van der Waals surface area contributed by atoms with Gasteiger partial charge >= 0.3 is 12.1 Å². The van der Waals surface area contributed by atoms with Crippen molar-refractivity contribution in [3.63, 3.8) is 0 Å². The normalized spacial score (nSPS) is 23.1. The van der Waals surface area contributed by atoms with Gasteiger partial charge in [-0.05, 0) is 59.7 Å². The van der Waals surface area contributed by atoms with Crippen molar-refractivity contribution in [3.05, 3.63) is 17.5 Å². The summed E-state index contributed by atoms with van der Waals surface area (Å²) < 4.78 is 53.7. The average molecular weight is 422 g/mol. The minimum atomic E-state index is -5.18. The standard InChI is InChI=1S/C17H25F3N4O3S/c1-11-9-12-13(16(10-23(12)22-11)5-7-21-8-6-16)24(28(26)15(2,3)4)27-14(25)17(18,19)20/h9,13,21H,5-8,10H2,1-4H3/t13-,28?/m1/s1. The SMILES string of the molecule is Cc1cc2n(n1)CC1(CCNCC1)[C@@H]2N(OC(=O)C(F)(F)F)[S+]([O-])C(C)(C)C. The Labute approximate surface area is 164 Å². The Bertz CT molecular complexity index is 741. The number of piperidine rings is 1. The van der Waals surface area contributed by atoms with Crippen LogP contribution in [0, 0.1) is 12.3 Å². The quantitative estimate of drug-likeness (QED) is 0.595. The molecule has 28 heavy (non-hydrogen) atoms. The van der Waals surface area contributed by atoms with Crippen molar-refractivity contribution >= 4 is 17.3 Å². The number of fused-ring (bicyclic) bond motifs is 1. The zero-order valence-corrected chi connectivity index (χ0v) is 17.1. The number of aromatic nitrogens is 2. The van der Waals surface area contributed by atoms with Gasteiger partial charge in [0.2, 0.25) is 0 Å². The Balaban J connectivity index is 2.07. The van der Waals surface area contributed by atoms with Crippen molar-refractivity contribution in [1.82, 2.24) is 19.6 Å². The summed E-state index contributed by atoms with van der Waals surface area (Å²) in [7, 11) is 0. The summed E-state index contributed by atoms with van der Waals surface area (Å²) in [5.74, 6) is -2.37. The van der Waals surface area contributed by atoms with E-state index in [-0.39, 0.29) is 0 Å². The number of carbonyl (C=O) groups is 1. The maximum atomic E-state index is 13.2. The smallest absolute Gasteiger partial charge is 0.492 e. The van der Waals surface area contributed by atoms with E-state index in [1.54, 1.807) is 38.4 Å². The first-order valence-corrected chi connectivity index (χ1v) is 10.2. The van der Waals surface area contributed by atoms with Crippen LogP contribution in [0.4, 0.5) is 13.2 Å². The van der Waals surface area contributed by atoms with E-state index in [0.717, 1.165) is 4.47 Å². The lowest BCUT2D eigenvalue weighted by molar-refractivity contribution is -0.232. The van der Waals surface area contributed by atoms with Crippen LogP contribution in [-0.4, -0.2) is 48.8 Å². The van der Waals surface area contributed by atoms with E-state index in [0.29, 0.717) is 43.9 Å². The second-order valence-electron chi connectivity index (χ2n) is 8.41. The number of rotatable bonds is 3. The molecular formula is C17H25F3N4O3S. The number of hydrogen-bond acceptors (Lipinski definition) is 6. The lowest BCUT2D eigenvalue weighted by atomic mass is 9.74. The minimum absolute atomic E-state index is 0.476. The molecular weight excluding hydrogens is 397 g/mol. The van der Waals surface area contributed by atoms with E-state index in [1.807, 2.05) is 0 Å². The molecule has 0 saturated carbocycles. The van der Waals surface area contributed by atoms with Crippen LogP contribution in [0.5, 0.6) is 0 Å². The van der Waals surface area contributed by atoms with Crippen LogP contribution < -0.4 is 5.32 Å². The fraction of sp³-hybridized carbons (Fsp3) is 0.765. The van der Waals surface area contributed by atoms with Gasteiger partial charge in [-0.15, -0.1) is 0 Å². The Kier molecular flexibility index (Phi) is 5.50. The van der Waals surface area contributed by atoms with Gasteiger partial charge in [0.15, 0.2) is 0 Å². The largest absolute Gasteiger partial charge is 0.595 e. The van der Waals surface area contributed by atoms with Gasteiger partial charge in [-0.1, -0.05) is 0 Å². The molecule has 1 unspecified atom stereocenters. The fourth-order valence-corrected chi connectivity index (χ4v) is 5.08. The third kappa shape index (κ3) is 3.89. The molecule has 1 aromatic rings. The number of nitrogens with zero attached hydrogens (tertiary/aromatic N) is 3. The topological polar surface area (TPSA) is 82.5 Å². The second-order valence-corrected chi connectivity index (χ2v) is 10.5. The molecule has 0 aromatic carbocycles. The van der Waals surface area contributed by atoms with Crippen molar-refractivity contribution in [2.24, 2.45) is 5.41 Å². The first-order valence-electron chi connectivity index (χ1n) is 9.11. The lowest BCUT2D eigenvalue weighted by Gasteiger charge is -2.43. The summed E-state index contributed by atoms with van der Waals surface area (Å²) in [6.45, 7) is 8.49. The van der Waals surface area contributed by atoms with Crippen molar-refractivity contribution < 1.29 is 27.4 Å². The van der Waals surface area contributed by atoms with Crippen LogP contribution in [0.25, 0.3) is 0 Å². The molecule has 7 nitrogen and oxygen atoms in total. The summed E-state index contributed by atoms with van der Waals surface area (Å²) in [5.41, 5.74) is 0.799. The highest BCUT2D eigenvalue weighted by Gasteiger charge is 2.58. The monoisotopic (exact) mass is 422 g/mol. The van der Waals surface area contributed by atoms with Gasteiger partial charge in [-0.25, -0.2) is 4.79 Å². The summed E-state index contributed by atoms with van der Waals surface area (Å²) in [4.78, 5) is 16.5. The number of hydroxylamine groups is 1. The first kappa shape index (κ1) is 21.4. The third-order valence-electron chi connectivity index (χ3n) is 5.16. The predicted molar refractivity (Wildman–Crippen MR) is 96.1 cm³/mol. The van der Waals surface area contributed by atoms with Gasteiger partial charge in [0.25, 0.3) is 0 Å². The predicted octanol–water partition coefficient (Wildman–Crippen LogP) is 2.40. The molecule has 11 heteroatoms. The van der Waals surface area contributed by atoms with Gasteiger partial charge < -0.3 is 14.7 Å². The van der Waals surface area contributed by atoms with Gasteiger partial charge in [0, 0.05) is 12.0 Å². The Morgan fingerprint density at radius 2 is 2.00 bits per heavy atom. The molecule has 1 N–H and O–H groups in total. The van der Waals surface area contributed by atoms with Gasteiger partial charge in [0.1, 0.15) is 10.8 Å². The fourth-order valence-electron chi connectivity index (χ4n) is 3.88. The van der Waals surface area contributed by atoms with Gasteiger partial charge in [-0.2, -0.15) is 18.3 Å². The molecule has 1 saturated heterocycles. The van der Waals surface area contributed by atoms with E-state index < -0.39 is 39.7 Å². The Morgan fingerprint density at radius 1 is 1.39 bits per heavy atom. The number of halogens is 3. The molecule has 3 heterocycles. The second kappa shape index (κ2) is 7.19. The molecule has 3 rings (SSSR count). The molecule has 2 atom stereocenters. The molecule has 0 bridgehead atoms. The van der Waals surface area contributed by atoms with E-state index in [4.69, 9.17) is 4.84 Å². The van der Waals surface area contributed by atoms with Crippen LogP contribution in [0.2, 0.25) is 0 Å². The minimum Gasteiger partial charge on any atom is -0.595 e. The number of nitrogens with one attached hydrogen (secondary N) is 1.